The molecule has 1 N–H and O–H groups in total. The molecule has 1 aromatic carbocycles. The SMILES string of the molecule is O=C([O-])c1cccc2[nH]c([S-])nc12.[Au+].[Na+]. The fraction of sp³-hybridized carbons (Fsp3) is 0. The monoisotopic (exact) mass is 412 g/mol. The summed E-state index contributed by atoms with van der Waals surface area (Å²) in [5.74, 6) is -1.24. The third kappa shape index (κ3) is 3.04. The topological polar surface area (TPSA) is 68.8 Å². The molecule has 7 heteroatoms. The summed E-state index contributed by atoms with van der Waals surface area (Å²) >= 11 is 4.78. The summed E-state index contributed by atoms with van der Waals surface area (Å²) in [5, 5.41) is 10.9. The third-order valence-electron chi connectivity index (χ3n) is 1.71. The molecule has 0 aliphatic heterocycles. The quantitative estimate of drug-likeness (QED) is 0.397. The zero-order valence-corrected chi connectivity index (χ0v) is 12.7. The Balaban J connectivity index is 0.000000980. The van der Waals surface area contributed by atoms with Crippen molar-refractivity contribution in [3.63, 3.8) is 0 Å². The van der Waals surface area contributed by atoms with E-state index in [1.54, 1.807) is 12.1 Å². The van der Waals surface area contributed by atoms with Gasteiger partial charge in [-0.2, -0.15) is 0 Å². The van der Waals surface area contributed by atoms with Gasteiger partial charge in [0, 0.05) is 5.56 Å². The first-order valence-corrected chi connectivity index (χ1v) is 3.96. The number of aromatic amines is 1. The van der Waals surface area contributed by atoms with Crippen molar-refractivity contribution in [2.45, 2.75) is 5.16 Å². The van der Waals surface area contributed by atoms with Gasteiger partial charge in [-0.25, -0.2) is 0 Å². The smallest absolute Gasteiger partial charge is 0.742 e. The van der Waals surface area contributed by atoms with E-state index in [9.17, 15) is 9.90 Å². The fourth-order valence-corrected chi connectivity index (χ4v) is 1.38. The van der Waals surface area contributed by atoms with Crippen LogP contribution in [0.4, 0.5) is 0 Å². The van der Waals surface area contributed by atoms with E-state index in [1.807, 2.05) is 0 Å². The second kappa shape index (κ2) is 6.00. The third-order valence-corrected chi connectivity index (χ3v) is 1.90. The van der Waals surface area contributed by atoms with Gasteiger partial charge in [0.2, 0.25) is 0 Å². The first-order chi connectivity index (χ1) is 6.18. The Morgan fingerprint density at radius 3 is 2.73 bits per heavy atom. The normalized spacial score (nSPS) is 9.07. The molecule has 2 rings (SSSR count). The van der Waals surface area contributed by atoms with Gasteiger partial charge in [0.05, 0.1) is 17.0 Å². The number of benzene rings is 1. The minimum absolute atomic E-state index is 0. The van der Waals surface area contributed by atoms with E-state index in [0.29, 0.717) is 11.0 Å². The second-order valence-electron chi connectivity index (χ2n) is 2.53. The molecule has 1 heterocycles. The van der Waals surface area contributed by atoms with Crippen LogP contribution in [0.3, 0.4) is 0 Å². The number of aromatic carboxylic acids is 1. The maximum atomic E-state index is 10.6. The molecule has 0 saturated carbocycles. The number of imidazole rings is 1. The molecule has 0 fully saturated rings. The maximum Gasteiger partial charge on any atom is 1.00 e. The van der Waals surface area contributed by atoms with Crippen molar-refractivity contribution in [3.8, 4) is 0 Å². The number of nitrogens with one attached hydrogen (secondary N) is 1. The average molecular weight is 412 g/mol. The molecule has 1 aromatic heterocycles. The molecule has 0 atom stereocenters. The number of carbonyl (C=O) groups excluding carboxylic acids is 1. The van der Waals surface area contributed by atoms with E-state index < -0.39 is 5.97 Å². The predicted octanol–water partition coefficient (Wildman–Crippen LogP) is -3.17. The molecule has 15 heavy (non-hydrogen) atoms. The number of H-pyrrole nitrogens is 1. The van der Waals surface area contributed by atoms with Gasteiger partial charge in [-0.1, -0.05) is 12.1 Å². The van der Waals surface area contributed by atoms with Crippen molar-refractivity contribution in [1.29, 1.82) is 0 Å². The van der Waals surface area contributed by atoms with Crippen molar-refractivity contribution < 1.29 is 61.8 Å². The molecule has 0 aliphatic carbocycles. The van der Waals surface area contributed by atoms with Gasteiger partial charge in [-0.05, 0) is 11.2 Å². The maximum absolute atomic E-state index is 10.6. The average Bonchev–Trinajstić information content (AvgIpc) is 2.43. The van der Waals surface area contributed by atoms with Crippen LogP contribution < -0.4 is 34.7 Å². The minimum atomic E-state index is -1.24. The van der Waals surface area contributed by atoms with Crippen LogP contribution >= 0.6 is 0 Å². The molecule has 4 nitrogen and oxygen atoms in total. The van der Waals surface area contributed by atoms with Gasteiger partial charge in [0.25, 0.3) is 0 Å². The molecule has 0 spiro atoms. The van der Waals surface area contributed by atoms with Crippen LogP contribution in [0.2, 0.25) is 0 Å². The van der Waals surface area contributed by atoms with E-state index in [-0.39, 0.29) is 62.7 Å². The molecule has 0 aliphatic rings. The van der Waals surface area contributed by atoms with Crippen molar-refractivity contribution in [3.05, 3.63) is 23.8 Å². The number of carbonyl (C=O) groups is 1. The number of para-hydroxylation sites is 1. The number of hydrogen-bond acceptors (Lipinski definition) is 4. The van der Waals surface area contributed by atoms with Gasteiger partial charge < -0.3 is 27.5 Å². The molecule has 0 amide bonds. The Hall–Kier alpha value is 0.120. The van der Waals surface area contributed by atoms with Gasteiger partial charge in [-0.15, -0.1) is 0 Å². The van der Waals surface area contributed by atoms with Gasteiger partial charge in [0.15, 0.2) is 0 Å². The van der Waals surface area contributed by atoms with Crippen LogP contribution in [0.5, 0.6) is 0 Å². The first kappa shape index (κ1) is 15.1. The van der Waals surface area contributed by atoms with E-state index in [1.165, 1.54) is 6.07 Å². The minimum Gasteiger partial charge on any atom is -0.742 e. The number of aromatic nitrogens is 2. The van der Waals surface area contributed by atoms with E-state index in [0.717, 1.165) is 0 Å². The van der Waals surface area contributed by atoms with Gasteiger partial charge in [0.1, 0.15) is 0 Å². The summed E-state index contributed by atoms with van der Waals surface area (Å²) in [4.78, 5) is 17.3. The van der Waals surface area contributed by atoms with Crippen LogP contribution in [0, 0.1) is 0 Å². The Morgan fingerprint density at radius 1 is 1.47 bits per heavy atom. The van der Waals surface area contributed by atoms with Crippen LogP contribution in [-0.4, -0.2) is 15.9 Å². The van der Waals surface area contributed by atoms with Crippen LogP contribution in [0.1, 0.15) is 10.4 Å². The summed E-state index contributed by atoms with van der Waals surface area (Å²) in [6.45, 7) is 0. The zero-order valence-electron chi connectivity index (χ0n) is 7.71. The number of carboxylic acids is 1. The number of fused-ring (bicyclic) bond motifs is 1. The van der Waals surface area contributed by atoms with Gasteiger partial charge >= 0.3 is 51.9 Å². The molecule has 0 bridgehead atoms. The summed E-state index contributed by atoms with van der Waals surface area (Å²) < 4.78 is 0. The number of hydrogen-bond donors (Lipinski definition) is 1. The summed E-state index contributed by atoms with van der Waals surface area (Å²) in [5.41, 5.74) is 1.03. The molecular formula is C8H4AuN2NaO2S. The van der Waals surface area contributed by atoms with Gasteiger partial charge in [-0.3, -0.25) is 4.98 Å². The largest absolute Gasteiger partial charge is 1.00 e. The zero-order chi connectivity index (χ0) is 9.42. The number of nitrogens with zero attached hydrogens (tertiary/aromatic N) is 1. The number of carboxylic acid groups (broad SMARTS) is 1. The van der Waals surface area contributed by atoms with E-state index in [2.05, 4.69) is 9.97 Å². The molecule has 0 unspecified atom stereocenters. The fourth-order valence-electron chi connectivity index (χ4n) is 1.17. The van der Waals surface area contributed by atoms with Crippen LogP contribution in [-0.2, 0) is 35.0 Å². The Labute approximate surface area is 129 Å². The Bertz CT molecular complexity index is 488. The van der Waals surface area contributed by atoms with Crippen LogP contribution in [0.25, 0.3) is 11.0 Å². The number of rotatable bonds is 1. The summed E-state index contributed by atoms with van der Waals surface area (Å²) in [7, 11) is 0. The summed E-state index contributed by atoms with van der Waals surface area (Å²) in [6, 6.07) is 4.76. The molecule has 76 valence electrons. The molecule has 2 aromatic rings. The predicted molar refractivity (Wildman–Crippen MR) is 46.1 cm³/mol. The van der Waals surface area contributed by atoms with Crippen molar-refractivity contribution in [2.75, 3.05) is 0 Å². The van der Waals surface area contributed by atoms with Crippen molar-refractivity contribution >= 4 is 29.6 Å². The summed E-state index contributed by atoms with van der Waals surface area (Å²) in [6.07, 6.45) is 0. The molecular weight excluding hydrogens is 408 g/mol. The molecule has 0 saturated heterocycles. The van der Waals surface area contributed by atoms with Crippen molar-refractivity contribution in [1.82, 2.24) is 9.97 Å². The second-order valence-corrected chi connectivity index (χ2v) is 2.92. The Kier molecular flexibility index (Phi) is 6.05. The van der Waals surface area contributed by atoms with E-state index >= 15 is 0 Å². The van der Waals surface area contributed by atoms with E-state index in [4.69, 9.17) is 12.6 Å². The van der Waals surface area contributed by atoms with Crippen molar-refractivity contribution in [2.24, 2.45) is 0 Å². The Morgan fingerprint density at radius 2 is 2.13 bits per heavy atom. The molecule has 0 radical (unpaired) electrons. The van der Waals surface area contributed by atoms with Crippen LogP contribution in [0.15, 0.2) is 23.4 Å². The first-order valence-electron chi connectivity index (χ1n) is 3.55. The standard InChI is InChI=1S/C8H6N2O2S.Au.Na/c11-7(12)4-2-1-3-5-6(4)10-8(13)9-5;;/h1-3H,(H,11,12)(H2,9,10,13);;/q;2*+1/p-2.